The van der Waals surface area contributed by atoms with Gasteiger partial charge >= 0.3 is 0 Å². The van der Waals surface area contributed by atoms with Gasteiger partial charge in [-0.25, -0.2) is 0 Å². The minimum Gasteiger partial charge on any atom is -0.309 e. The summed E-state index contributed by atoms with van der Waals surface area (Å²) in [6.07, 6.45) is 0. The third kappa shape index (κ3) is 5.16. The van der Waals surface area contributed by atoms with Gasteiger partial charge in [0.25, 0.3) is 0 Å². The number of hydrogen-bond donors (Lipinski definition) is 0. The fourth-order valence-electron chi connectivity index (χ4n) is 7.83. The molecule has 0 radical (unpaired) electrons. The van der Waals surface area contributed by atoms with Crippen LogP contribution in [0.2, 0.25) is 0 Å². The first-order valence-electron chi connectivity index (χ1n) is 17.8. The van der Waals surface area contributed by atoms with Gasteiger partial charge in [-0.2, -0.15) is 0 Å². The molecule has 0 unspecified atom stereocenters. The smallest absolute Gasteiger partial charge is 0.0540 e. The van der Waals surface area contributed by atoms with Crippen LogP contribution in [0.15, 0.2) is 200 Å². The number of rotatable bonds is 6. The van der Waals surface area contributed by atoms with Crippen molar-refractivity contribution in [2.45, 2.75) is 0 Å². The van der Waals surface area contributed by atoms with Crippen LogP contribution in [0.1, 0.15) is 0 Å². The summed E-state index contributed by atoms with van der Waals surface area (Å²) in [5.74, 6) is 0. The summed E-state index contributed by atoms with van der Waals surface area (Å²) in [7, 11) is 0. The molecule has 0 saturated heterocycles. The summed E-state index contributed by atoms with van der Waals surface area (Å²) < 4.78 is 2.66. The number of nitrogens with zero attached hydrogens (tertiary/aromatic N) is 1. The van der Waals surface area contributed by atoms with Crippen molar-refractivity contribution in [1.82, 2.24) is 0 Å². The number of hydrogen-bond acceptors (Lipinski definition) is 2. The van der Waals surface area contributed by atoms with Gasteiger partial charge in [0.2, 0.25) is 0 Å². The van der Waals surface area contributed by atoms with E-state index in [1.807, 2.05) is 11.3 Å². The van der Waals surface area contributed by atoms with Crippen LogP contribution >= 0.6 is 11.3 Å². The van der Waals surface area contributed by atoms with Crippen LogP contribution in [0.3, 0.4) is 0 Å². The molecule has 0 aliphatic heterocycles. The fourth-order valence-corrected chi connectivity index (χ4v) is 9.07. The molecule has 0 bridgehead atoms. The molecule has 1 nitrogen and oxygen atoms in total. The molecule has 52 heavy (non-hydrogen) atoms. The monoisotopic (exact) mass is 679 g/mol. The van der Waals surface area contributed by atoms with Crippen LogP contribution in [0.5, 0.6) is 0 Å². The molecule has 244 valence electrons. The molecule has 0 aliphatic carbocycles. The summed E-state index contributed by atoms with van der Waals surface area (Å²) in [6.45, 7) is 0. The summed E-state index contributed by atoms with van der Waals surface area (Å²) >= 11 is 1.88. The number of para-hydroxylation sites is 1. The maximum atomic E-state index is 2.45. The average Bonchev–Trinajstić information content (AvgIpc) is 3.60. The SMILES string of the molecule is c1cc(-c2cccc(N(c3ccccc3-c3cccc4ccccc34)c3cccc4ccccc34)c2)cc(-c2cccc3c2sc2ccccc23)c1. The van der Waals surface area contributed by atoms with E-state index in [0.717, 1.165) is 17.1 Å². The highest BCUT2D eigenvalue weighted by atomic mass is 32.1. The van der Waals surface area contributed by atoms with E-state index in [1.54, 1.807) is 0 Å². The third-order valence-corrected chi connectivity index (χ3v) is 11.5. The quantitative estimate of drug-likeness (QED) is 0.169. The minimum atomic E-state index is 1.11. The van der Waals surface area contributed by atoms with E-state index in [9.17, 15) is 0 Å². The number of benzene rings is 9. The first-order valence-corrected chi connectivity index (χ1v) is 18.6. The Kier molecular flexibility index (Phi) is 7.41. The number of fused-ring (bicyclic) bond motifs is 5. The van der Waals surface area contributed by atoms with Gasteiger partial charge < -0.3 is 4.90 Å². The largest absolute Gasteiger partial charge is 0.309 e. The van der Waals surface area contributed by atoms with Crippen molar-refractivity contribution in [3.8, 4) is 33.4 Å². The van der Waals surface area contributed by atoms with E-state index in [4.69, 9.17) is 0 Å². The van der Waals surface area contributed by atoms with Gasteiger partial charge in [0, 0.05) is 36.8 Å². The fraction of sp³-hybridized carbons (Fsp3) is 0. The standard InChI is InChI=1S/C50H33NS/c1-3-22-40-34(14-1)16-11-27-43(40)44-24-5-7-29-48(44)51(47-30-12-17-35-15-2-4-23-41(35)47)39-21-10-19-37(33-39)36-18-9-20-38(32-36)42-26-13-28-46-45-25-6-8-31-49(45)52-50(42)46/h1-33H. The highest BCUT2D eigenvalue weighted by molar-refractivity contribution is 7.26. The molecule has 0 atom stereocenters. The predicted molar refractivity (Wildman–Crippen MR) is 225 cm³/mol. The lowest BCUT2D eigenvalue weighted by molar-refractivity contribution is 1.30. The van der Waals surface area contributed by atoms with Crippen molar-refractivity contribution in [2.24, 2.45) is 0 Å². The van der Waals surface area contributed by atoms with Gasteiger partial charge in [-0.1, -0.05) is 164 Å². The molecule has 10 rings (SSSR count). The normalized spacial score (nSPS) is 11.5. The molecular formula is C50H33NS. The zero-order valence-corrected chi connectivity index (χ0v) is 29.2. The summed E-state index contributed by atoms with van der Waals surface area (Å²) in [5, 5.41) is 7.55. The molecule has 9 aromatic carbocycles. The third-order valence-electron chi connectivity index (χ3n) is 10.2. The van der Waals surface area contributed by atoms with E-state index in [-0.39, 0.29) is 0 Å². The Bertz CT molecular complexity index is 2920. The highest BCUT2D eigenvalue weighted by Gasteiger charge is 2.20. The van der Waals surface area contributed by atoms with Gasteiger partial charge in [-0.15, -0.1) is 11.3 Å². The maximum Gasteiger partial charge on any atom is 0.0540 e. The van der Waals surface area contributed by atoms with E-state index < -0.39 is 0 Å². The van der Waals surface area contributed by atoms with Crippen molar-refractivity contribution >= 4 is 70.1 Å². The number of anilines is 3. The van der Waals surface area contributed by atoms with Gasteiger partial charge in [-0.05, 0) is 80.4 Å². The van der Waals surface area contributed by atoms with Crippen LogP contribution in [0.4, 0.5) is 17.1 Å². The van der Waals surface area contributed by atoms with Gasteiger partial charge in [0.05, 0.1) is 11.4 Å². The summed E-state index contributed by atoms with van der Waals surface area (Å²) in [4.78, 5) is 2.45. The van der Waals surface area contributed by atoms with E-state index in [0.29, 0.717) is 0 Å². The van der Waals surface area contributed by atoms with Crippen LogP contribution in [0, 0.1) is 0 Å². The zero-order chi connectivity index (χ0) is 34.4. The predicted octanol–water partition coefficient (Wildman–Crippen LogP) is 14.8. The van der Waals surface area contributed by atoms with Gasteiger partial charge in [0.1, 0.15) is 0 Å². The van der Waals surface area contributed by atoms with Crippen LogP contribution in [0.25, 0.3) is 75.1 Å². The minimum absolute atomic E-state index is 1.11. The Hall–Kier alpha value is -6.48. The second-order valence-electron chi connectivity index (χ2n) is 13.3. The molecule has 0 N–H and O–H groups in total. The van der Waals surface area contributed by atoms with E-state index in [2.05, 4.69) is 205 Å². The van der Waals surface area contributed by atoms with Crippen LogP contribution < -0.4 is 4.90 Å². The molecular weight excluding hydrogens is 647 g/mol. The molecule has 1 heterocycles. The van der Waals surface area contributed by atoms with Crippen LogP contribution in [-0.2, 0) is 0 Å². The van der Waals surface area contributed by atoms with Crippen molar-refractivity contribution in [1.29, 1.82) is 0 Å². The lowest BCUT2D eigenvalue weighted by Gasteiger charge is -2.29. The Morgan fingerprint density at radius 2 is 0.865 bits per heavy atom. The van der Waals surface area contributed by atoms with Gasteiger partial charge in [-0.3, -0.25) is 0 Å². The molecule has 10 aromatic rings. The van der Waals surface area contributed by atoms with Gasteiger partial charge in [0.15, 0.2) is 0 Å². The van der Waals surface area contributed by atoms with Crippen molar-refractivity contribution in [3.05, 3.63) is 200 Å². The molecule has 0 spiro atoms. The average molecular weight is 680 g/mol. The van der Waals surface area contributed by atoms with E-state index >= 15 is 0 Å². The molecule has 2 heteroatoms. The first-order chi connectivity index (χ1) is 25.8. The lowest BCUT2D eigenvalue weighted by atomic mass is 9.95. The Morgan fingerprint density at radius 3 is 1.75 bits per heavy atom. The topological polar surface area (TPSA) is 3.24 Å². The first kappa shape index (κ1) is 30.4. The molecule has 0 aliphatic rings. The van der Waals surface area contributed by atoms with Crippen LogP contribution in [-0.4, -0.2) is 0 Å². The molecule has 0 fully saturated rings. The number of thiophene rings is 1. The van der Waals surface area contributed by atoms with Crippen molar-refractivity contribution in [3.63, 3.8) is 0 Å². The molecule has 1 aromatic heterocycles. The summed E-state index contributed by atoms with van der Waals surface area (Å²) in [5.41, 5.74) is 10.7. The molecule has 0 amide bonds. The zero-order valence-electron chi connectivity index (χ0n) is 28.4. The highest BCUT2D eigenvalue weighted by Crippen LogP contribution is 2.46. The Labute approximate surface area is 307 Å². The van der Waals surface area contributed by atoms with E-state index in [1.165, 1.54) is 75.1 Å². The Balaban J connectivity index is 1.15. The van der Waals surface area contributed by atoms with Crippen molar-refractivity contribution < 1.29 is 0 Å². The van der Waals surface area contributed by atoms with Crippen molar-refractivity contribution in [2.75, 3.05) is 4.90 Å². The Morgan fingerprint density at radius 1 is 0.327 bits per heavy atom. The lowest BCUT2D eigenvalue weighted by Crippen LogP contribution is -2.12. The second-order valence-corrected chi connectivity index (χ2v) is 14.3. The second kappa shape index (κ2) is 12.7. The summed E-state index contributed by atoms with van der Waals surface area (Å²) in [6, 6.07) is 72.9. The maximum absolute atomic E-state index is 2.45. The molecule has 0 saturated carbocycles.